The fourth-order valence-corrected chi connectivity index (χ4v) is 2.33. The van der Waals surface area contributed by atoms with Crippen LogP contribution >= 0.6 is 11.6 Å². The number of hydrogen-bond donors (Lipinski definition) is 3. The molecule has 0 bridgehead atoms. The summed E-state index contributed by atoms with van der Waals surface area (Å²) in [6, 6.07) is 6.71. The number of phenols is 1. The molecule has 0 fully saturated rings. The number of benzene rings is 1. The lowest BCUT2D eigenvalue weighted by Crippen LogP contribution is -2.25. The zero-order valence-electron chi connectivity index (χ0n) is 10.2. The average Bonchev–Trinajstić information content (AvgIpc) is 2.42. The number of aromatic hydroxyl groups is 1. The van der Waals surface area contributed by atoms with E-state index in [0.717, 1.165) is 29.9 Å². The second-order valence-electron chi connectivity index (χ2n) is 4.36. The normalized spacial score (nSPS) is 13.9. The molecular formula is C13H13ClN4O. The van der Waals surface area contributed by atoms with Gasteiger partial charge in [-0.2, -0.15) is 0 Å². The van der Waals surface area contributed by atoms with Gasteiger partial charge in [0.2, 0.25) is 5.95 Å². The summed E-state index contributed by atoms with van der Waals surface area (Å²) in [4.78, 5) is 8.72. The van der Waals surface area contributed by atoms with Gasteiger partial charge < -0.3 is 15.7 Å². The zero-order chi connectivity index (χ0) is 13.2. The lowest BCUT2D eigenvalue weighted by Gasteiger charge is -2.18. The third-order valence-electron chi connectivity index (χ3n) is 3.01. The van der Waals surface area contributed by atoms with Gasteiger partial charge in [-0.25, -0.2) is 9.97 Å². The molecule has 1 aliphatic heterocycles. The molecule has 0 saturated heterocycles. The van der Waals surface area contributed by atoms with E-state index in [9.17, 15) is 5.11 Å². The minimum absolute atomic E-state index is 0.221. The van der Waals surface area contributed by atoms with Gasteiger partial charge in [-0.05, 0) is 37.2 Å². The molecule has 0 spiro atoms. The molecule has 0 saturated carbocycles. The Labute approximate surface area is 115 Å². The first-order valence-electron chi connectivity index (χ1n) is 6.04. The molecule has 5 nitrogen and oxygen atoms in total. The fourth-order valence-electron chi connectivity index (χ4n) is 2.04. The lowest BCUT2D eigenvalue weighted by molar-refractivity contribution is 0.475. The van der Waals surface area contributed by atoms with E-state index in [-0.39, 0.29) is 5.75 Å². The zero-order valence-corrected chi connectivity index (χ0v) is 10.9. The average molecular weight is 277 g/mol. The van der Waals surface area contributed by atoms with Gasteiger partial charge in [0.25, 0.3) is 0 Å². The monoisotopic (exact) mass is 276 g/mol. The van der Waals surface area contributed by atoms with Gasteiger partial charge in [-0.1, -0.05) is 11.6 Å². The fraction of sp³-hybridized carbons (Fsp3) is 0.231. The number of rotatable bonds is 2. The molecule has 6 heteroatoms. The Balaban J connectivity index is 1.89. The van der Waals surface area contributed by atoms with Gasteiger partial charge in [0.1, 0.15) is 10.9 Å². The van der Waals surface area contributed by atoms with Crippen molar-refractivity contribution < 1.29 is 5.11 Å². The number of halogens is 1. The second-order valence-corrected chi connectivity index (χ2v) is 4.72. The van der Waals surface area contributed by atoms with Crippen LogP contribution in [0.5, 0.6) is 5.75 Å². The minimum atomic E-state index is 0.221. The number of aromatic nitrogens is 2. The Morgan fingerprint density at radius 2 is 2.00 bits per heavy atom. The van der Waals surface area contributed by atoms with Crippen molar-refractivity contribution in [2.45, 2.75) is 13.0 Å². The summed E-state index contributed by atoms with van der Waals surface area (Å²) >= 11 is 6.18. The van der Waals surface area contributed by atoms with Crippen molar-refractivity contribution in [1.29, 1.82) is 0 Å². The van der Waals surface area contributed by atoms with E-state index in [0.29, 0.717) is 17.6 Å². The van der Waals surface area contributed by atoms with Gasteiger partial charge in [-0.15, -0.1) is 0 Å². The maximum Gasteiger partial charge on any atom is 0.228 e. The molecule has 0 unspecified atom stereocenters. The summed E-state index contributed by atoms with van der Waals surface area (Å²) < 4.78 is 0. The SMILES string of the molecule is Oc1ccc(Nc2nc(Cl)c3c(n2)CNCC3)cc1. The first-order valence-corrected chi connectivity index (χ1v) is 6.42. The van der Waals surface area contributed by atoms with E-state index in [4.69, 9.17) is 11.6 Å². The van der Waals surface area contributed by atoms with Crippen molar-refractivity contribution in [3.63, 3.8) is 0 Å². The van der Waals surface area contributed by atoms with Crippen molar-refractivity contribution in [1.82, 2.24) is 15.3 Å². The van der Waals surface area contributed by atoms with Gasteiger partial charge >= 0.3 is 0 Å². The smallest absolute Gasteiger partial charge is 0.228 e. The highest BCUT2D eigenvalue weighted by atomic mass is 35.5. The molecule has 2 aromatic rings. The second kappa shape index (κ2) is 5.03. The van der Waals surface area contributed by atoms with Crippen LogP contribution in [-0.2, 0) is 13.0 Å². The van der Waals surface area contributed by atoms with E-state index in [1.807, 2.05) is 0 Å². The third-order valence-corrected chi connectivity index (χ3v) is 3.32. The van der Waals surface area contributed by atoms with E-state index in [1.165, 1.54) is 0 Å². The predicted octanol–water partition coefficient (Wildman–Crippen LogP) is 2.22. The maximum absolute atomic E-state index is 9.24. The van der Waals surface area contributed by atoms with E-state index in [1.54, 1.807) is 24.3 Å². The van der Waals surface area contributed by atoms with Gasteiger partial charge in [-0.3, -0.25) is 0 Å². The Morgan fingerprint density at radius 1 is 1.21 bits per heavy atom. The molecule has 0 atom stereocenters. The predicted molar refractivity (Wildman–Crippen MR) is 73.8 cm³/mol. The van der Waals surface area contributed by atoms with E-state index in [2.05, 4.69) is 20.6 Å². The number of nitrogens with one attached hydrogen (secondary N) is 2. The van der Waals surface area contributed by atoms with Crippen LogP contribution in [0.25, 0.3) is 0 Å². The number of anilines is 2. The van der Waals surface area contributed by atoms with Crippen LogP contribution < -0.4 is 10.6 Å². The number of hydrogen-bond acceptors (Lipinski definition) is 5. The largest absolute Gasteiger partial charge is 0.508 e. The van der Waals surface area contributed by atoms with Crippen LogP contribution in [0.3, 0.4) is 0 Å². The van der Waals surface area contributed by atoms with E-state index >= 15 is 0 Å². The molecule has 0 aliphatic carbocycles. The molecule has 3 rings (SSSR count). The molecule has 2 heterocycles. The summed E-state index contributed by atoms with van der Waals surface area (Å²) in [5, 5.41) is 16.1. The van der Waals surface area contributed by atoms with Crippen LogP contribution in [0.2, 0.25) is 5.15 Å². The Morgan fingerprint density at radius 3 is 2.79 bits per heavy atom. The molecule has 0 amide bonds. The van der Waals surface area contributed by atoms with Crippen molar-refractivity contribution in [3.05, 3.63) is 40.7 Å². The topological polar surface area (TPSA) is 70.1 Å². The van der Waals surface area contributed by atoms with Crippen molar-refractivity contribution in [2.24, 2.45) is 0 Å². The highest BCUT2D eigenvalue weighted by Gasteiger charge is 2.16. The first kappa shape index (κ1) is 12.2. The Hall–Kier alpha value is -1.85. The van der Waals surface area contributed by atoms with Gasteiger partial charge in [0.05, 0.1) is 5.69 Å². The van der Waals surface area contributed by atoms with Crippen LogP contribution in [-0.4, -0.2) is 21.6 Å². The molecule has 98 valence electrons. The minimum Gasteiger partial charge on any atom is -0.508 e. The lowest BCUT2D eigenvalue weighted by atomic mass is 10.1. The summed E-state index contributed by atoms with van der Waals surface area (Å²) in [5.74, 6) is 0.692. The standard InChI is InChI=1S/C13H13ClN4O/c14-12-10-5-6-15-7-11(10)17-13(18-12)16-8-1-3-9(19)4-2-8/h1-4,15,19H,5-7H2,(H,16,17,18). The summed E-state index contributed by atoms with van der Waals surface area (Å²) in [7, 11) is 0. The molecule has 1 aromatic carbocycles. The van der Waals surface area contributed by atoms with Crippen LogP contribution in [0.4, 0.5) is 11.6 Å². The molecule has 1 aliphatic rings. The first-order chi connectivity index (χ1) is 9.22. The van der Waals surface area contributed by atoms with Crippen molar-refractivity contribution in [3.8, 4) is 5.75 Å². The maximum atomic E-state index is 9.24. The quantitative estimate of drug-likeness (QED) is 0.580. The van der Waals surface area contributed by atoms with Crippen LogP contribution in [0, 0.1) is 0 Å². The van der Waals surface area contributed by atoms with E-state index < -0.39 is 0 Å². The number of fused-ring (bicyclic) bond motifs is 1. The van der Waals surface area contributed by atoms with Gasteiger partial charge in [0, 0.05) is 17.8 Å². The molecule has 1 aromatic heterocycles. The summed E-state index contributed by atoms with van der Waals surface area (Å²) in [5.41, 5.74) is 2.77. The van der Waals surface area contributed by atoms with Crippen LogP contribution in [0.15, 0.2) is 24.3 Å². The summed E-state index contributed by atoms with van der Waals surface area (Å²) in [6.07, 6.45) is 0.855. The number of nitrogens with zero attached hydrogens (tertiary/aromatic N) is 2. The van der Waals surface area contributed by atoms with Crippen molar-refractivity contribution in [2.75, 3.05) is 11.9 Å². The Kier molecular flexibility index (Phi) is 3.23. The molecule has 0 radical (unpaired) electrons. The highest BCUT2D eigenvalue weighted by Crippen LogP contribution is 2.23. The van der Waals surface area contributed by atoms with Crippen molar-refractivity contribution >= 4 is 23.2 Å². The summed E-state index contributed by atoms with van der Waals surface area (Å²) in [6.45, 7) is 1.61. The highest BCUT2D eigenvalue weighted by molar-refractivity contribution is 6.30. The van der Waals surface area contributed by atoms with Crippen LogP contribution in [0.1, 0.15) is 11.3 Å². The number of phenolic OH excluding ortho intramolecular Hbond substituents is 1. The molecular weight excluding hydrogens is 264 g/mol. The third kappa shape index (κ3) is 2.62. The molecule has 19 heavy (non-hydrogen) atoms. The van der Waals surface area contributed by atoms with Gasteiger partial charge in [0.15, 0.2) is 0 Å². The molecule has 3 N–H and O–H groups in total. The Bertz CT molecular complexity index is 600.